The van der Waals surface area contributed by atoms with Crippen LogP contribution in [0.1, 0.15) is 24.0 Å². The standard InChI is InChI=1S/C19H17N3O2/c20-14-17(16-4-3-5-19(13-16)22(23)24)12-15-6-8-18(9-7-15)21-10-1-2-11-21/h3-9,12-13H,1-2,10-11H2. The van der Waals surface area contributed by atoms with E-state index in [1.165, 1.54) is 30.7 Å². The maximum absolute atomic E-state index is 10.9. The number of nitro groups is 1. The smallest absolute Gasteiger partial charge is 0.270 e. The van der Waals surface area contributed by atoms with Gasteiger partial charge in [0.1, 0.15) is 0 Å². The molecule has 1 saturated heterocycles. The van der Waals surface area contributed by atoms with E-state index in [4.69, 9.17) is 0 Å². The van der Waals surface area contributed by atoms with Gasteiger partial charge in [0.15, 0.2) is 0 Å². The highest BCUT2D eigenvalue weighted by atomic mass is 16.6. The van der Waals surface area contributed by atoms with Crippen LogP contribution in [0.3, 0.4) is 0 Å². The minimum atomic E-state index is -0.455. The van der Waals surface area contributed by atoms with Crippen LogP contribution in [0.15, 0.2) is 48.5 Å². The van der Waals surface area contributed by atoms with Gasteiger partial charge in [0.05, 0.1) is 16.6 Å². The van der Waals surface area contributed by atoms with Crippen LogP contribution in [0.5, 0.6) is 0 Å². The Labute approximate surface area is 140 Å². The zero-order chi connectivity index (χ0) is 16.9. The lowest BCUT2D eigenvalue weighted by Gasteiger charge is -2.17. The van der Waals surface area contributed by atoms with Crippen molar-refractivity contribution in [1.29, 1.82) is 5.26 Å². The maximum Gasteiger partial charge on any atom is 0.270 e. The summed E-state index contributed by atoms with van der Waals surface area (Å²) in [7, 11) is 0. The van der Waals surface area contributed by atoms with Crippen molar-refractivity contribution in [3.05, 3.63) is 69.8 Å². The molecule has 1 aliphatic rings. The highest BCUT2D eigenvalue weighted by Gasteiger charge is 2.12. The van der Waals surface area contributed by atoms with Crippen molar-refractivity contribution in [3.8, 4) is 6.07 Å². The van der Waals surface area contributed by atoms with Gasteiger partial charge in [0.25, 0.3) is 5.69 Å². The lowest BCUT2D eigenvalue weighted by molar-refractivity contribution is -0.384. The van der Waals surface area contributed by atoms with Gasteiger partial charge in [0.2, 0.25) is 0 Å². The van der Waals surface area contributed by atoms with Crippen molar-refractivity contribution in [2.45, 2.75) is 12.8 Å². The molecule has 120 valence electrons. The quantitative estimate of drug-likeness (QED) is 0.365. The molecule has 0 radical (unpaired) electrons. The summed E-state index contributed by atoms with van der Waals surface area (Å²) in [6.07, 6.45) is 4.22. The van der Waals surface area contributed by atoms with Crippen LogP contribution in [-0.4, -0.2) is 18.0 Å². The number of hydrogen-bond donors (Lipinski definition) is 0. The number of allylic oxidation sites excluding steroid dienone is 1. The van der Waals surface area contributed by atoms with Gasteiger partial charge in [-0.15, -0.1) is 0 Å². The molecular weight excluding hydrogens is 302 g/mol. The summed E-state index contributed by atoms with van der Waals surface area (Å²) < 4.78 is 0. The molecule has 1 fully saturated rings. The van der Waals surface area contributed by atoms with Gasteiger partial charge in [-0.25, -0.2) is 0 Å². The normalized spacial score (nSPS) is 14.5. The Bertz CT molecular complexity index is 813. The molecule has 0 saturated carbocycles. The molecule has 0 aromatic heterocycles. The summed E-state index contributed by atoms with van der Waals surface area (Å²) in [6.45, 7) is 2.18. The van der Waals surface area contributed by atoms with Crippen LogP contribution < -0.4 is 4.90 Å². The molecule has 0 atom stereocenters. The molecule has 0 unspecified atom stereocenters. The van der Waals surface area contributed by atoms with Crippen LogP contribution in [0.4, 0.5) is 11.4 Å². The Morgan fingerprint density at radius 3 is 2.50 bits per heavy atom. The molecule has 0 N–H and O–H groups in total. The average molecular weight is 319 g/mol. The molecule has 1 aliphatic heterocycles. The van der Waals surface area contributed by atoms with Crippen LogP contribution in [-0.2, 0) is 0 Å². The maximum atomic E-state index is 10.9. The third-order valence-corrected chi connectivity index (χ3v) is 4.16. The van der Waals surface area contributed by atoms with Gasteiger partial charge in [-0.2, -0.15) is 5.26 Å². The Morgan fingerprint density at radius 1 is 1.17 bits per heavy atom. The molecule has 0 aliphatic carbocycles. The fraction of sp³-hybridized carbons (Fsp3) is 0.211. The van der Waals surface area contributed by atoms with Gasteiger partial charge >= 0.3 is 0 Å². The van der Waals surface area contributed by atoms with E-state index in [9.17, 15) is 15.4 Å². The molecule has 0 amide bonds. The summed E-state index contributed by atoms with van der Waals surface area (Å²) >= 11 is 0. The number of nitriles is 1. The predicted molar refractivity (Wildman–Crippen MR) is 94.5 cm³/mol. The van der Waals surface area contributed by atoms with Crippen molar-refractivity contribution in [3.63, 3.8) is 0 Å². The second kappa shape index (κ2) is 6.97. The summed E-state index contributed by atoms with van der Waals surface area (Å²) in [5.41, 5.74) is 3.04. The molecule has 5 heteroatoms. The zero-order valence-corrected chi connectivity index (χ0v) is 13.2. The SMILES string of the molecule is N#CC(=Cc1ccc(N2CCCC2)cc1)c1cccc([N+](=O)[O-])c1. The molecule has 0 bridgehead atoms. The molecule has 5 nitrogen and oxygen atoms in total. The second-order valence-electron chi connectivity index (χ2n) is 5.76. The number of nitro benzene ring substituents is 1. The van der Waals surface area contributed by atoms with Crippen LogP contribution in [0.2, 0.25) is 0 Å². The highest BCUT2D eigenvalue weighted by Crippen LogP contribution is 2.24. The third kappa shape index (κ3) is 3.44. The predicted octanol–water partition coefficient (Wildman–Crippen LogP) is 4.26. The number of non-ortho nitro benzene ring substituents is 1. The van der Waals surface area contributed by atoms with Crippen molar-refractivity contribution in [2.75, 3.05) is 18.0 Å². The largest absolute Gasteiger partial charge is 0.372 e. The lowest BCUT2D eigenvalue weighted by Crippen LogP contribution is -2.17. The zero-order valence-electron chi connectivity index (χ0n) is 13.2. The van der Waals surface area contributed by atoms with Crippen molar-refractivity contribution < 1.29 is 4.92 Å². The Hall–Kier alpha value is -3.13. The molecule has 2 aromatic rings. The van der Waals surface area contributed by atoms with E-state index < -0.39 is 4.92 Å². The van der Waals surface area contributed by atoms with Gasteiger partial charge in [-0.1, -0.05) is 24.3 Å². The van der Waals surface area contributed by atoms with Crippen LogP contribution in [0.25, 0.3) is 11.6 Å². The summed E-state index contributed by atoms with van der Waals surface area (Å²) in [6, 6.07) is 16.3. The minimum Gasteiger partial charge on any atom is -0.372 e. The first kappa shape index (κ1) is 15.8. The molecule has 24 heavy (non-hydrogen) atoms. The number of benzene rings is 2. The second-order valence-corrected chi connectivity index (χ2v) is 5.76. The number of anilines is 1. The monoisotopic (exact) mass is 319 g/mol. The minimum absolute atomic E-state index is 0.0157. The Morgan fingerprint density at radius 2 is 1.88 bits per heavy atom. The van der Waals surface area contributed by atoms with Crippen molar-refractivity contribution in [1.82, 2.24) is 0 Å². The first-order valence-electron chi connectivity index (χ1n) is 7.89. The summed E-state index contributed by atoms with van der Waals surface area (Å²) in [4.78, 5) is 12.8. The number of hydrogen-bond acceptors (Lipinski definition) is 4. The summed E-state index contributed by atoms with van der Waals surface area (Å²) in [5, 5.41) is 20.3. The first-order chi connectivity index (χ1) is 11.7. The average Bonchev–Trinajstić information content (AvgIpc) is 3.15. The van der Waals surface area contributed by atoms with Crippen LogP contribution >= 0.6 is 0 Å². The van der Waals surface area contributed by atoms with Gasteiger partial charge in [0, 0.05) is 30.9 Å². The molecule has 1 heterocycles. The Balaban J connectivity index is 1.86. The summed E-state index contributed by atoms with van der Waals surface area (Å²) in [5.74, 6) is 0. The van der Waals surface area contributed by atoms with E-state index in [2.05, 4.69) is 23.1 Å². The number of rotatable bonds is 4. The molecule has 0 spiro atoms. The van der Waals surface area contributed by atoms with E-state index in [0.717, 1.165) is 18.7 Å². The van der Waals surface area contributed by atoms with E-state index in [-0.39, 0.29) is 5.69 Å². The Kier molecular flexibility index (Phi) is 4.57. The fourth-order valence-corrected chi connectivity index (χ4v) is 2.89. The first-order valence-corrected chi connectivity index (χ1v) is 7.89. The highest BCUT2D eigenvalue weighted by molar-refractivity contribution is 5.90. The molecule has 3 rings (SSSR count). The topological polar surface area (TPSA) is 70.2 Å². The fourth-order valence-electron chi connectivity index (χ4n) is 2.89. The van der Waals surface area contributed by atoms with Gasteiger partial charge in [-0.05, 0) is 42.2 Å². The lowest BCUT2D eigenvalue weighted by atomic mass is 10.0. The van der Waals surface area contributed by atoms with Crippen LogP contribution in [0, 0.1) is 21.4 Å². The molecule has 2 aromatic carbocycles. The van der Waals surface area contributed by atoms with Crippen molar-refractivity contribution >= 4 is 23.0 Å². The van der Waals surface area contributed by atoms with Crippen molar-refractivity contribution in [2.24, 2.45) is 0 Å². The third-order valence-electron chi connectivity index (χ3n) is 4.16. The van der Waals surface area contributed by atoms with E-state index >= 15 is 0 Å². The van der Waals surface area contributed by atoms with E-state index in [1.807, 2.05) is 12.1 Å². The van der Waals surface area contributed by atoms with E-state index in [1.54, 1.807) is 18.2 Å². The number of nitrogens with zero attached hydrogens (tertiary/aromatic N) is 3. The molecular formula is C19H17N3O2. The van der Waals surface area contributed by atoms with E-state index in [0.29, 0.717) is 11.1 Å². The van der Waals surface area contributed by atoms with Gasteiger partial charge in [-0.3, -0.25) is 10.1 Å². The van der Waals surface area contributed by atoms with Gasteiger partial charge < -0.3 is 4.90 Å².